The summed E-state index contributed by atoms with van der Waals surface area (Å²) < 4.78 is 30.9. The highest BCUT2D eigenvalue weighted by Crippen LogP contribution is 2.19. The zero-order valence-corrected chi connectivity index (χ0v) is 20.2. The summed E-state index contributed by atoms with van der Waals surface area (Å²) in [6, 6.07) is 16.3. The average molecular weight is 492 g/mol. The maximum atomic E-state index is 12.6. The molecule has 1 aliphatic rings. The van der Waals surface area contributed by atoms with Crippen molar-refractivity contribution in [1.82, 2.24) is 10.2 Å². The van der Waals surface area contributed by atoms with E-state index in [0.29, 0.717) is 44.1 Å². The first-order valence-corrected chi connectivity index (χ1v) is 13.7. The van der Waals surface area contributed by atoms with E-state index in [4.69, 9.17) is 4.74 Å². The van der Waals surface area contributed by atoms with Gasteiger partial charge in [0.1, 0.15) is 6.54 Å². The van der Waals surface area contributed by atoms with E-state index < -0.39 is 10.0 Å². The number of morpholine rings is 1. The first kappa shape index (κ1) is 25.1. The molecule has 0 aliphatic carbocycles. The van der Waals surface area contributed by atoms with E-state index in [1.54, 1.807) is 40.9 Å². The maximum Gasteiger partial charge on any atom is 0.254 e. The number of amides is 2. The maximum absolute atomic E-state index is 12.6. The number of carbonyl (C=O) groups excluding carboxylic acids is 2. The standard InChI is InChI=1S/C23H29N3O5S2/c1-33(29,30)26(17-22(27)24-11-16-32-18-19-5-3-2-4-6-19)21-9-7-20(8-10-21)23(28)25-12-14-31-15-13-25/h2-10H,11-18H2,1H3,(H,24,27). The average Bonchev–Trinajstić information content (AvgIpc) is 2.82. The van der Waals surface area contributed by atoms with Crippen LogP contribution >= 0.6 is 11.8 Å². The number of nitrogens with one attached hydrogen (secondary N) is 1. The number of nitrogens with zero attached hydrogens (tertiary/aromatic N) is 2. The van der Waals surface area contributed by atoms with Crippen LogP contribution in [0.3, 0.4) is 0 Å². The predicted octanol–water partition coefficient (Wildman–Crippen LogP) is 1.97. The van der Waals surface area contributed by atoms with Crippen LogP contribution in [-0.4, -0.2) is 76.5 Å². The van der Waals surface area contributed by atoms with Crippen LogP contribution in [0.25, 0.3) is 0 Å². The third-order valence-electron chi connectivity index (χ3n) is 5.07. The Morgan fingerprint density at radius 2 is 1.73 bits per heavy atom. The lowest BCUT2D eigenvalue weighted by Crippen LogP contribution is -2.41. The monoisotopic (exact) mass is 491 g/mol. The van der Waals surface area contributed by atoms with Crippen molar-refractivity contribution in [3.8, 4) is 0 Å². The molecule has 33 heavy (non-hydrogen) atoms. The van der Waals surface area contributed by atoms with Gasteiger partial charge in [0.05, 0.1) is 25.2 Å². The summed E-state index contributed by atoms with van der Waals surface area (Å²) in [7, 11) is -3.68. The van der Waals surface area contributed by atoms with Crippen LogP contribution in [0.1, 0.15) is 15.9 Å². The Morgan fingerprint density at radius 3 is 2.36 bits per heavy atom. The molecule has 178 valence electrons. The van der Waals surface area contributed by atoms with Crippen molar-refractivity contribution in [3.63, 3.8) is 0 Å². The lowest BCUT2D eigenvalue weighted by molar-refractivity contribution is -0.119. The number of thioether (sulfide) groups is 1. The van der Waals surface area contributed by atoms with Crippen molar-refractivity contribution >= 4 is 39.3 Å². The van der Waals surface area contributed by atoms with Crippen molar-refractivity contribution in [3.05, 3.63) is 65.7 Å². The fraction of sp³-hybridized carbons (Fsp3) is 0.391. The summed E-state index contributed by atoms with van der Waals surface area (Å²) in [6.45, 7) is 2.19. The summed E-state index contributed by atoms with van der Waals surface area (Å²) in [5, 5.41) is 2.78. The number of carbonyl (C=O) groups is 2. The highest BCUT2D eigenvalue weighted by Gasteiger charge is 2.22. The molecule has 1 saturated heterocycles. The van der Waals surface area contributed by atoms with E-state index in [-0.39, 0.29) is 18.4 Å². The molecule has 2 aromatic carbocycles. The van der Waals surface area contributed by atoms with Gasteiger partial charge in [-0.25, -0.2) is 8.42 Å². The van der Waals surface area contributed by atoms with Crippen LogP contribution in [0.4, 0.5) is 5.69 Å². The Hall–Kier alpha value is -2.56. The molecule has 1 heterocycles. The SMILES string of the molecule is CS(=O)(=O)N(CC(=O)NCCSCc1ccccc1)c1ccc(C(=O)N2CCOCC2)cc1. The predicted molar refractivity (Wildman–Crippen MR) is 131 cm³/mol. The Bertz CT molecular complexity index is 1020. The van der Waals surface area contributed by atoms with E-state index in [2.05, 4.69) is 17.4 Å². The van der Waals surface area contributed by atoms with Gasteiger partial charge in [-0.3, -0.25) is 13.9 Å². The summed E-state index contributed by atoms with van der Waals surface area (Å²) in [5.74, 6) is 1.07. The number of anilines is 1. The Kier molecular flexibility index (Phi) is 9.16. The normalized spacial score (nSPS) is 14.0. The minimum absolute atomic E-state index is 0.124. The lowest BCUT2D eigenvalue weighted by atomic mass is 10.1. The van der Waals surface area contributed by atoms with Gasteiger partial charge >= 0.3 is 0 Å². The quantitative estimate of drug-likeness (QED) is 0.511. The number of hydrogen-bond donors (Lipinski definition) is 1. The van der Waals surface area contributed by atoms with Crippen LogP contribution < -0.4 is 9.62 Å². The fourth-order valence-electron chi connectivity index (χ4n) is 3.33. The van der Waals surface area contributed by atoms with Crippen LogP contribution in [-0.2, 0) is 25.3 Å². The molecule has 2 amide bonds. The summed E-state index contributed by atoms with van der Waals surface area (Å²) in [5.41, 5.74) is 2.02. The minimum Gasteiger partial charge on any atom is -0.378 e. The van der Waals surface area contributed by atoms with Crippen molar-refractivity contribution in [2.24, 2.45) is 0 Å². The summed E-state index contributed by atoms with van der Waals surface area (Å²) in [4.78, 5) is 26.7. The second-order valence-corrected chi connectivity index (χ2v) is 10.6. The second kappa shape index (κ2) is 12.1. The summed E-state index contributed by atoms with van der Waals surface area (Å²) >= 11 is 1.69. The second-order valence-electron chi connectivity index (χ2n) is 7.61. The molecular formula is C23H29N3O5S2. The molecule has 0 radical (unpaired) electrons. The molecule has 0 spiro atoms. The van der Waals surface area contributed by atoms with E-state index >= 15 is 0 Å². The van der Waals surface area contributed by atoms with Gasteiger partial charge in [0.15, 0.2) is 0 Å². The molecule has 0 atom stereocenters. The fourth-order valence-corrected chi connectivity index (χ4v) is 5.01. The highest BCUT2D eigenvalue weighted by molar-refractivity contribution is 7.98. The van der Waals surface area contributed by atoms with Crippen LogP contribution in [0.2, 0.25) is 0 Å². The van der Waals surface area contributed by atoms with E-state index in [1.165, 1.54) is 5.56 Å². The first-order valence-electron chi connectivity index (χ1n) is 10.7. The van der Waals surface area contributed by atoms with Gasteiger partial charge in [-0.05, 0) is 29.8 Å². The van der Waals surface area contributed by atoms with Crippen molar-refractivity contribution in [2.75, 3.05) is 55.7 Å². The molecule has 1 fully saturated rings. The van der Waals surface area contributed by atoms with Gasteiger partial charge in [-0.2, -0.15) is 11.8 Å². The Balaban J connectivity index is 1.52. The van der Waals surface area contributed by atoms with Gasteiger partial charge in [-0.1, -0.05) is 30.3 Å². The van der Waals surface area contributed by atoms with Crippen molar-refractivity contribution in [2.45, 2.75) is 5.75 Å². The van der Waals surface area contributed by atoms with Crippen molar-refractivity contribution in [1.29, 1.82) is 0 Å². The molecule has 3 rings (SSSR count). The Morgan fingerprint density at radius 1 is 1.06 bits per heavy atom. The van der Waals surface area contributed by atoms with E-state index in [9.17, 15) is 18.0 Å². The number of sulfonamides is 1. The molecule has 1 N–H and O–H groups in total. The zero-order valence-electron chi connectivity index (χ0n) is 18.6. The lowest BCUT2D eigenvalue weighted by Gasteiger charge is -2.27. The van der Waals surface area contributed by atoms with Gasteiger partial charge in [0.25, 0.3) is 5.91 Å². The molecule has 8 nitrogen and oxygen atoms in total. The molecule has 0 bridgehead atoms. The van der Waals surface area contributed by atoms with Gasteiger partial charge in [0, 0.05) is 36.7 Å². The largest absolute Gasteiger partial charge is 0.378 e. The van der Waals surface area contributed by atoms with Crippen LogP contribution in [0.5, 0.6) is 0 Å². The highest BCUT2D eigenvalue weighted by atomic mass is 32.2. The first-order chi connectivity index (χ1) is 15.8. The van der Waals surface area contributed by atoms with Gasteiger partial charge < -0.3 is 15.0 Å². The van der Waals surface area contributed by atoms with Gasteiger partial charge in [-0.15, -0.1) is 0 Å². The Labute approximate surface area is 199 Å². The van der Waals surface area contributed by atoms with Crippen molar-refractivity contribution < 1.29 is 22.7 Å². The number of benzene rings is 2. The van der Waals surface area contributed by atoms with Crippen LogP contribution in [0.15, 0.2) is 54.6 Å². The summed E-state index contributed by atoms with van der Waals surface area (Å²) in [6.07, 6.45) is 1.06. The molecule has 0 aromatic heterocycles. The third kappa shape index (κ3) is 7.76. The molecular weight excluding hydrogens is 462 g/mol. The topological polar surface area (TPSA) is 96.0 Å². The number of ether oxygens (including phenoxy) is 1. The third-order valence-corrected chi connectivity index (χ3v) is 7.24. The molecule has 10 heteroatoms. The van der Waals surface area contributed by atoms with E-state index in [1.807, 2.05) is 18.2 Å². The van der Waals surface area contributed by atoms with Gasteiger partial charge in [0.2, 0.25) is 15.9 Å². The minimum atomic E-state index is -3.68. The number of rotatable bonds is 10. The molecule has 0 saturated carbocycles. The van der Waals surface area contributed by atoms with E-state index in [0.717, 1.165) is 22.1 Å². The molecule has 0 unspecified atom stereocenters. The zero-order chi connectivity index (χ0) is 23.7. The molecule has 2 aromatic rings. The molecule has 1 aliphatic heterocycles. The van der Waals surface area contributed by atoms with Crippen LogP contribution in [0, 0.1) is 0 Å². The number of hydrogen-bond acceptors (Lipinski definition) is 6. The smallest absolute Gasteiger partial charge is 0.254 e.